The van der Waals surface area contributed by atoms with Crippen molar-refractivity contribution in [3.8, 4) is 5.75 Å². The van der Waals surface area contributed by atoms with Crippen molar-refractivity contribution in [1.82, 2.24) is 0 Å². The van der Waals surface area contributed by atoms with Crippen molar-refractivity contribution < 1.29 is 44.5 Å². The van der Waals surface area contributed by atoms with Crippen LogP contribution in [0.3, 0.4) is 0 Å². The van der Waals surface area contributed by atoms with Crippen LogP contribution in [0.25, 0.3) is 0 Å². The summed E-state index contributed by atoms with van der Waals surface area (Å²) in [6.07, 6.45) is -8.97. The van der Waals surface area contributed by atoms with Gasteiger partial charge in [0.2, 0.25) is 0 Å². The molecule has 1 fully saturated rings. The molecular formula is C19H24O9. The first-order valence-electron chi connectivity index (χ1n) is 8.84. The van der Waals surface area contributed by atoms with E-state index in [4.69, 9.17) is 14.2 Å². The lowest BCUT2D eigenvalue weighted by Crippen LogP contribution is -2.59. The zero-order chi connectivity index (χ0) is 20.6. The Morgan fingerprint density at radius 1 is 1.18 bits per heavy atom. The molecule has 0 unspecified atom stereocenters. The minimum atomic E-state index is -1.60. The molecule has 28 heavy (non-hydrogen) atoms. The molecular weight excluding hydrogens is 372 g/mol. The van der Waals surface area contributed by atoms with Crippen LogP contribution in [-0.4, -0.2) is 81.3 Å². The molecule has 9 heteroatoms. The second-order valence-corrected chi connectivity index (χ2v) is 6.92. The lowest BCUT2D eigenvalue weighted by molar-refractivity contribution is -0.314. The largest absolute Gasteiger partial charge is 0.482 e. The summed E-state index contributed by atoms with van der Waals surface area (Å²) in [5, 5.41) is 48.9. The number of benzene rings is 1. The van der Waals surface area contributed by atoms with Gasteiger partial charge in [-0.25, -0.2) is 0 Å². The molecule has 1 aromatic rings. The number of aliphatic hydroxyl groups excluding tert-OH is 5. The first kappa shape index (κ1) is 20.9. The third-order valence-corrected chi connectivity index (χ3v) is 4.99. The smallest absolute Gasteiger partial charge is 0.187 e. The molecule has 0 radical (unpaired) electrons. The number of fused-ring (bicyclic) bond motifs is 1. The predicted octanol–water partition coefficient (Wildman–Crippen LogP) is -0.944. The first-order valence-corrected chi connectivity index (χ1v) is 8.84. The molecule has 9 nitrogen and oxygen atoms in total. The maximum absolute atomic E-state index is 11.7. The summed E-state index contributed by atoms with van der Waals surface area (Å²) >= 11 is 0. The van der Waals surface area contributed by atoms with Gasteiger partial charge in [-0.15, -0.1) is 0 Å². The number of aliphatic hydroxyl groups is 5. The SMILES string of the molecule is C=C(CO)[C@@H]1Oc2ccc(C(C)=O)cc2[C@@H]1O[C@@H]1O[C@H](CO)[C@@H](O)[C@H](O)[C@H]1O. The van der Waals surface area contributed by atoms with E-state index in [9.17, 15) is 30.3 Å². The zero-order valence-electron chi connectivity index (χ0n) is 15.3. The van der Waals surface area contributed by atoms with Crippen molar-refractivity contribution in [3.05, 3.63) is 41.5 Å². The minimum Gasteiger partial charge on any atom is -0.482 e. The van der Waals surface area contributed by atoms with Gasteiger partial charge in [0.1, 0.15) is 36.3 Å². The molecule has 2 aliphatic rings. The monoisotopic (exact) mass is 396 g/mol. The standard InChI is InChI=1S/C19H24O9/c1-8(6-20)17-18(11-5-10(9(2)22)3-4-12(11)26-17)28-19-16(25)15(24)14(23)13(7-21)27-19/h3-5,13-21,23-25H,1,6-7H2,2H3/t13-,14-,15+,16-,17+,18+,19+/m1/s1. The van der Waals surface area contributed by atoms with E-state index >= 15 is 0 Å². The molecule has 1 aromatic carbocycles. The van der Waals surface area contributed by atoms with Crippen molar-refractivity contribution in [2.45, 2.75) is 49.8 Å². The summed E-state index contributed by atoms with van der Waals surface area (Å²) in [6, 6.07) is 4.77. The van der Waals surface area contributed by atoms with Crippen LogP contribution in [0.4, 0.5) is 0 Å². The highest BCUT2D eigenvalue weighted by Crippen LogP contribution is 2.43. The van der Waals surface area contributed by atoms with Gasteiger partial charge in [0.05, 0.1) is 13.2 Å². The number of Topliss-reactive ketones (excluding diaryl/α,β-unsaturated/α-hetero) is 1. The third kappa shape index (κ3) is 3.70. The number of carbonyl (C=O) groups excluding carboxylic acids is 1. The first-order chi connectivity index (χ1) is 13.3. The number of ketones is 1. The summed E-state index contributed by atoms with van der Waals surface area (Å²) in [5.41, 5.74) is 1.21. The van der Waals surface area contributed by atoms with Gasteiger partial charge in [-0.05, 0) is 30.7 Å². The Kier molecular flexibility index (Phi) is 6.15. The fraction of sp³-hybridized carbons (Fsp3) is 0.526. The van der Waals surface area contributed by atoms with Crippen LogP contribution in [0.5, 0.6) is 5.75 Å². The van der Waals surface area contributed by atoms with E-state index < -0.39 is 49.5 Å². The normalized spacial score (nSPS) is 34.6. The average molecular weight is 396 g/mol. The molecule has 2 heterocycles. The van der Waals surface area contributed by atoms with E-state index in [1.807, 2.05) is 0 Å². The minimum absolute atomic E-state index is 0.168. The van der Waals surface area contributed by atoms with Crippen LogP contribution in [0.15, 0.2) is 30.4 Å². The maximum Gasteiger partial charge on any atom is 0.187 e. The highest BCUT2D eigenvalue weighted by molar-refractivity contribution is 5.94. The second-order valence-electron chi connectivity index (χ2n) is 6.92. The van der Waals surface area contributed by atoms with E-state index in [1.165, 1.54) is 6.92 Å². The van der Waals surface area contributed by atoms with Crippen LogP contribution in [-0.2, 0) is 9.47 Å². The van der Waals surface area contributed by atoms with Gasteiger partial charge in [0.15, 0.2) is 18.2 Å². The lowest BCUT2D eigenvalue weighted by Gasteiger charge is -2.40. The third-order valence-electron chi connectivity index (χ3n) is 4.99. The van der Waals surface area contributed by atoms with Crippen LogP contribution in [0, 0.1) is 0 Å². The van der Waals surface area contributed by atoms with Crippen molar-refractivity contribution in [3.63, 3.8) is 0 Å². The van der Waals surface area contributed by atoms with E-state index in [0.717, 1.165) is 0 Å². The maximum atomic E-state index is 11.7. The van der Waals surface area contributed by atoms with Gasteiger partial charge >= 0.3 is 0 Å². The van der Waals surface area contributed by atoms with Crippen LogP contribution >= 0.6 is 0 Å². The van der Waals surface area contributed by atoms with E-state index in [2.05, 4.69) is 6.58 Å². The molecule has 7 atom stereocenters. The number of hydrogen-bond donors (Lipinski definition) is 5. The Balaban J connectivity index is 1.92. The number of rotatable bonds is 6. The summed E-state index contributed by atoms with van der Waals surface area (Å²) in [4.78, 5) is 11.7. The Morgan fingerprint density at radius 3 is 2.50 bits per heavy atom. The fourth-order valence-corrected chi connectivity index (χ4v) is 3.32. The molecule has 5 N–H and O–H groups in total. The molecule has 2 aliphatic heterocycles. The molecule has 3 rings (SSSR count). The summed E-state index contributed by atoms with van der Waals surface area (Å²) in [5.74, 6) is 0.248. The van der Waals surface area contributed by atoms with Crippen molar-refractivity contribution in [2.75, 3.05) is 13.2 Å². The van der Waals surface area contributed by atoms with Gasteiger partial charge in [-0.2, -0.15) is 0 Å². The predicted molar refractivity (Wildman–Crippen MR) is 94.7 cm³/mol. The van der Waals surface area contributed by atoms with Crippen LogP contribution < -0.4 is 4.74 Å². The molecule has 0 bridgehead atoms. The summed E-state index contributed by atoms with van der Waals surface area (Å²) < 4.78 is 17.0. The summed E-state index contributed by atoms with van der Waals surface area (Å²) in [7, 11) is 0. The van der Waals surface area contributed by atoms with Crippen LogP contribution in [0.1, 0.15) is 28.9 Å². The van der Waals surface area contributed by atoms with E-state index in [0.29, 0.717) is 22.4 Å². The van der Waals surface area contributed by atoms with E-state index in [1.54, 1.807) is 18.2 Å². The molecule has 0 spiro atoms. The second kappa shape index (κ2) is 8.26. The Labute approximate surface area is 161 Å². The molecule has 1 saturated heterocycles. The molecule has 0 saturated carbocycles. The van der Waals surface area contributed by atoms with Gasteiger partial charge < -0.3 is 39.7 Å². The van der Waals surface area contributed by atoms with Gasteiger partial charge in [0.25, 0.3) is 0 Å². The Morgan fingerprint density at radius 2 is 1.89 bits per heavy atom. The fourth-order valence-electron chi connectivity index (χ4n) is 3.32. The summed E-state index contributed by atoms with van der Waals surface area (Å²) in [6.45, 7) is 4.20. The van der Waals surface area contributed by atoms with Crippen molar-refractivity contribution in [1.29, 1.82) is 0 Å². The van der Waals surface area contributed by atoms with Gasteiger partial charge in [-0.1, -0.05) is 6.58 Å². The number of hydrogen-bond acceptors (Lipinski definition) is 9. The van der Waals surface area contributed by atoms with Gasteiger partial charge in [0, 0.05) is 11.1 Å². The average Bonchev–Trinajstić information content (AvgIpc) is 3.05. The van der Waals surface area contributed by atoms with Crippen molar-refractivity contribution in [2.24, 2.45) is 0 Å². The lowest BCUT2D eigenvalue weighted by atomic mass is 9.97. The van der Waals surface area contributed by atoms with Crippen LogP contribution in [0.2, 0.25) is 0 Å². The van der Waals surface area contributed by atoms with Crippen molar-refractivity contribution >= 4 is 5.78 Å². The molecule has 0 aromatic heterocycles. The van der Waals surface area contributed by atoms with E-state index in [-0.39, 0.29) is 12.4 Å². The number of ether oxygens (including phenoxy) is 3. The highest BCUT2D eigenvalue weighted by Gasteiger charge is 2.47. The molecule has 0 aliphatic carbocycles. The molecule has 154 valence electrons. The zero-order valence-corrected chi connectivity index (χ0v) is 15.3. The van der Waals surface area contributed by atoms with Gasteiger partial charge in [-0.3, -0.25) is 4.79 Å². The quantitative estimate of drug-likeness (QED) is 0.304. The number of carbonyl (C=O) groups is 1. The molecule has 0 amide bonds. The highest BCUT2D eigenvalue weighted by atomic mass is 16.7. The Bertz CT molecular complexity index is 747. The Hall–Kier alpha value is -1.85. The topological polar surface area (TPSA) is 146 Å².